The third-order valence-electron chi connectivity index (χ3n) is 3.37. The highest BCUT2D eigenvalue weighted by molar-refractivity contribution is 7.10. The number of aryl methyl sites for hydroxylation is 1. The number of rotatable bonds is 2. The smallest absolute Gasteiger partial charge is 0.0333 e. The first-order chi connectivity index (χ1) is 7.16. The molecule has 15 heavy (non-hydrogen) atoms. The summed E-state index contributed by atoms with van der Waals surface area (Å²) in [7, 11) is 0. The molecule has 0 aromatic carbocycles. The van der Waals surface area contributed by atoms with Crippen LogP contribution in [0.4, 0.5) is 0 Å². The summed E-state index contributed by atoms with van der Waals surface area (Å²) in [6.45, 7) is 6.76. The topological polar surface area (TPSA) is 29.3 Å². The molecule has 2 atom stereocenters. The minimum absolute atomic E-state index is 0.417. The summed E-state index contributed by atoms with van der Waals surface area (Å²) in [6, 6.07) is 3.26. The zero-order valence-electron chi connectivity index (χ0n) is 9.57. The molecular weight excluding hydrogens is 204 g/mol. The zero-order valence-corrected chi connectivity index (χ0v) is 10.4. The minimum Gasteiger partial charge on any atom is -0.328 e. The fourth-order valence-corrected chi connectivity index (χ4v) is 3.17. The van der Waals surface area contributed by atoms with Crippen molar-refractivity contribution in [3.63, 3.8) is 0 Å². The number of likely N-dealkylation sites (tertiary alicyclic amines) is 1. The largest absolute Gasteiger partial charge is 0.328 e. The van der Waals surface area contributed by atoms with Gasteiger partial charge in [-0.25, -0.2) is 0 Å². The Morgan fingerprint density at radius 2 is 2.40 bits per heavy atom. The number of nitrogens with zero attached hydrogens (tertiary/aromatic N) is 1. The van der Waals surface area contributed by atoms with Crippen molar-refractivity contribution in [1.82, 2.24) is 4.90 Å². The van der Waals surface area contributed by atoms with Gasteiger partial charge >= 0.3 is 0 Å². The van der Waals surface area contributed by atoms with Crippen LogP contribution in [0, 0.1) is 6.92 Å². The summed E-state index contributed by atoms with van der Waals surface area (Å²) in [5, 5.41) is 2.19. The Kier molecular flexibility index (Phi) is 3.44. The molecule has 3 heteroatoms. The van der Waals surface area contributed by atoms with Crippen molar-refractivity contribution in [3.05, 3.63) is 21.9 Å². The van der Waals surface area contributed by atoms with Crippen LogP contribution in [0.3, 0.4) is 0 Å². The molecule has 2 N–H and O–H groups in total. The lowest BCUT2D eigenvalue weighted by Crippen LogP contribution is -2.44. The highest BCUT2D eigenvalue weighted by atomic mass is 32.1. The van der Waals surface area contributed by atoms with E-state index in [1.54, 1.807) is 0 Å². The van der Waals surface area contributed by atoms with E-state index < -0.39 is 0 Å². The molecule has 1 aromatic rings. The van der Waals surface area contributed by atoms with Crippen LogP contribution in [-0.4, -0.2) is 23.5 Å². The summed E-state index contributed by atoms with van der Waals surface area (Å²) in [5.41, 5.74) is 7.40. The first kappa shape index (κ1) is 11.1. The second kappa shape index (κ2) is 4.64. The van der Waals surface area contributed by atoms with Crippen LogP contribution >= 0.6 is 11.3 Å². The van der Waals surface area contributed by atoms with Gasteiger partial charge in [0.15, 0.2) is 0 Å². The van der Waals surface area contributed by atoms with E-state index >= 15 is 0 Å². The fraction of sp³-hybridized carbons (Fsp3) is 0.667. The Morgan fingerprint density at radius 1 is 1.60 bits per heavy atom. The number of hydrogen-bond acceptors (Lipinski definition) is 3. The molecule has 2 heterocycles. The first-order valence-electron chi connectivity index (χ1n) is 5.69. The van der Waals surface area contributed by atoms with Crippen molar-refractivity contribution in [1.29, 1.82) is 0 Å². The summed E-state index contributed by atoms with van der Waals surface area (Å²) in [5.74, 6) is 0. The van der Waals surface area contributed by atoms with Gasteiger partial charge in [0.1, 0.15) is 0 Å². The second-order valence-electron chi connectivity index (χ2n) is 4.63. The predicted molar refractivity (Wildman–Crippen MR) is 66.1 cm³/mol. The maximum Gasteiger partial charge on any atom is 0.0333 e. The van der Waals surface area contributed by atoms with Crippen molar-refractivity contribution in [2.45, 2.75) is 45.3 Å². The van der Waals surface area contributed by atoms with E-state index in [2.05, 4.69) is 30.2 Å². The van der Waals surface area contributed by atoms with Gasteiger partial charge in [0.05, 0.1) is 0 Å². The highest BCUT2D eigenvalue weighted by Crippen LogP contribution is 2.23. The molecule has 0 aliphatic carbocycles. The van der Waals surface area contributed by atoms with Crippen LogP contribution in [0.5, 0.6) is 0 Å². The molecule has 2 unspecified atom stereocenters. The lowest BCUT2D eigenvalue weighted by molar-refractivity contribution is 0.141. The lowest BCUT2D eigenvalue weighted by Gasteiger charge is -2.36. The van der Waals surface area contributed by atoms with Gasteiger partial charge in [-0.05, 0) is 43.7 Å². The van der Waals surface area contributed by atoms with Gasteiger partial charge in [-0.3, -0.25) is 4.90 Å². The Hall–Kier alpha value is -0.380. The van der Waals surface area contributed by atoms with Gasteiger partial charge in [0.25, 0.3) is 0 Å². The van der Waals surface area contributed by atoms with Crippen LogP contribution in [0.2, 0.25) is 0 Å². The van der Waals surface area contributed by atoms with Crippen molar-refractivity contribution < 1.29 is 0 Å². The van der Waals surface area contributed by atoms with Gasteiger partial charge in [0, 0.05) is 30.1 Å². The van der Waals surface area contributed by atoms with Crippen molar-refractivity contribution in [2.75, 3.05) is 6.54 Å². The van der Waals surface area contributed by atoms with Crippen molar-refractivity contribution >= 4 is 11.3 Å². The standard InChI is InChI=1S/C12H20N2S/c1-9-4-6-15-12(9)8-14-5-3-11(13)7-10(14)2/h4,6,10-11H,3,5,7-8,13H2,1-2H3. The molecule has 1 aliphatic rings. The number of hydrogen-bond donors (Lipinski definition) is 1. The van der Waals surface area contributed by atoms with Crippen LogP contribution in [0.15, 0.2) is 11.4 Å². The van der Waals surface area contributed by atoms with Gasteiger partial charge in [0.2, 0.25) is 0 Å². The second-order valence-corrected chi connectivity index (χ2v) is 5.63. The van der Waals surface area contributed by atoms with E-state index in [4.69, 9.17) is 5.73 Å². The van der Waals surface area contributed by atoms with Gasteiger partial charge in [-0.1, -0.05) is 0 Å². The van der Waals surface area contributed by atoms with Crippen LogP contribution < -0.4 is 5.73 Å². The molecule has 84 valence electrons. The van der Waals surface area contributed by atoms with E-state index in [1.165, 1.54) is 10.4 Å². The summed E-state index contributed by atoms with van der Waals surface area (Å²) in [4.78, 5) is 4.07. The predicted octanol–water partition coefficient (Wildman–Crippen LogP) is 2.37. The van der Waals surface area contributed by atoms with E-state index in [0.717, 1.165) is 25.9 Å². The average Bonchev–Trinajstić information content (AvgIpc) is 2.57. The molecule has 2 nitrogen and oxygen atoms in total. The highest BCUT2D eigenvalue weighted by Gasteiger charge is 2.23. The monoisotopic (exact) mass is 224 g/mol. The molecule has 0 spiro atoms. The van der Waals surface area contributed by atoms with Gasteiger partial charge < -0.3 is 5.73 Å². The van der Waals surface area contributed by atoms with Crippen molar-refractivity contribution in [2.24, 2.45) is 5.73 Å². The zero-order chi connectivity index (χ0) is 10.8. The fourth-order valence-electron chi connectivity index (χ4n) is 2.24. The third-order valence-corrected chi connectivity index (χ3v) is 4.38. The third kappa shape index (κ3) is 2.60. The van der Waals surface area contributed by atoms with Crippen molar-refractivity contribution in [3.8, 4) is 0 Å². The number of nitrogens with two attached hydrogens (primary N) is 1. The van der Waals surface area contributed by atoms with Crippen LogP contribution in [0.1, 0.15) is 30.2 Å². The molecule has 1 saturated heterocycles. The molecule has 0 bridgehead atoms. The normalized spacial score (nSPS) is 28.2. The maximum atomic E-state index is 5.97. The lowest BCUT2D eigenvalue weighted by atomic mass is 9.99. The molecule has 1 aromatic heterocycles. The SMILES string of the molecule is Cc1ccsc1CN1CCC(N)CC1C. The Labute approximate surface area is 96.1 Å². The first-order valence-corrected chi connectivity index (χ1v) is 6.57. The summed E-state index contributed by atoms with van der Waals surface area (Å²) >= 11 is 1.87. The Bertz CT molecular complexity index is 321. The maximum absolute atomic E-state index is 5.97. The van der Waals surface area contributed by atoms with E-state index in [0.29, 0.717) is 12.1 Å². The summed E-state index contributed by atoms with van der Waals surface area (Å²) in [6.07, 6.45) is 2.29. The van der Waals surface area contributed by atoms with E-state index in [-0.39, 0.29) is 0 Å². The Morgan fingerprint density at radius 3 is 3.00 bits per heavy atom. The van der Waals surface area contributed by atoms with Crippen LogP contribution in [0.25, 0.3) is 0 Å². The quantitative estimate of drug-likeness (QED) is 0.835. The molecule has 2 rings (SSSR count). The molecule has 0 saturated carbocycles. The molecular formula is C12H20N2S. The van der Waals surface area contributed by atoms with Gasteiger partial charge in [-0.2, -0.15) is 0 Å². The van der Waals surface area contributed by atoms with Gasteiger partial charge in [-0.15, -0.1) is 11.3 Å². The number of piperidine rings is 1. The van der Waals surface area contributed by atoms with E-state index in [9.17, 15) is 0 Å². The molecule has 1 aliphatic heterocycles. The Balaban J connectivity index is 1.98. The van der Waals surface area contributed by atoms with Crippen LogP contribution in [-0.2, 0) is 6.54 Å². The van der Waals surface area contributed by atoms with E-state index in [1.807, 2.05) is 11.3 Å². The molecule has 0 amide bonds. The number of thiophene rings is 1. The molecule has 0 radical (unpaired) electrons. The minimum atomic E-state index is 0.417. The summed E-state index contributed by atoms with van der Waals surface area (Å²) < 4.78 is 0. The molecule has 1 fully saturated rings. The average molecular weight is 224 g/mol.